The first-order chi connectivity index (χ1) is 33.8. The summed E-state index contributed by atoms with van der Waals surface area (Å²) in [4.78, 5) is 2.55. The molecule has 11 aromatic rings. The van der Waals surface area contributed by atoms with Crippen LogP contribution >= 0.6 is 0 Å². The molecule has 0 radical (unpaired) electrons. The number of hydrogen-bond acceptors (Lipinski definition) is 1. The minimum atomic E-state index is -0.534. The predicted molar refractivity (Wildman–Crippen MR) is 288 cm³/mol. The highest BCUT2D eigenvalue weighted by atomic mass is 15.1. The van der Waals surface area contributed by atoms with Crippen molar-refractivity contribution in [3.05, 3.63) is 270 Å². The van der Waals surface area contributed by atoms with Gasteiger partial charge in [-0.1, -0.05) is 232 Å². The number of hydrogen-bond donors (Lipinski definition) is 0. The molecule has 0 bridgehead atoms. The van der Waals surface area contributed by atoms with Gasteiger partial charge < -0.3 is 4.90 Å². The van der Waals surface area contributed by atoms with E-state index < -0.39 is 5.41 Å². The first-order valence-corrected chi connectivity index (χ1v) is 24.5. The predicted octanol–water partition coefficient (Wildman–Crippen LogP) is 18.4. The van der Waals surface area contributed by atoms with Crippen LogP contribution in [-0.4, -0.2) is 0 Å². The van der Waals surface area contributed by atoms with Crippen LogP contribution in [-0.2, 0) is 5.41 Å². The SMILES string of the molecule is c1ccc(C2(c3ccccc3)c3ccccc3-c3ccc(N(c4cccc(-c5cccc6c5ccc5ccccc56)c4)c4ccccc4-c4cccc5cccc(C6CCCCC6)c45)cc32)cc1. The van der Waals surface area contributed by atoms with Crippen molar-refractivity contribution in [3.8, 4) is 33.4 Å². The van der Waals surface area contributed by atoms with Crippen LogP contribution in [0.5, 0.6) is 0 Å². The van der Waals surface area contributed by atoms with Gasteiger partial charge >= 0.3 is 0 Å². The lowest BCUT2D eigenvalue weighted by Gasteiger charge is -2.35. The summed E-state index contributed by atoms with van der Waals surface area (Å²) < 4.78 is 0. The van der Waals surface area contributed by atoms with E-state index in [1.807, 2.05) is 0 Å². The third kappa shape index (κ3) is 6.44. The van der Waals surface area contributed by atoms with Gasteiger partial charge in [-0.05, 0) is 137 Å². The lowest BCUT2D eigenvalue weighted by Crippen LogP contribution is -2.28. The fraction of sp³-hybridized carbons (Fsp3) is 0.104. The standard InChI is InChI=1S/C67H51N/c1-4-20-46(21-5-1)56-35-17-23-48-24-18-37-62(66(48)56)61-33-13-15-39-65(61)68(52-30-16-25-49(44-52)55-34-19-36-57-54-31-11-10-22-47(54)40-42-58(55)57)53-41-43-60-59-32-12-14-38-63(59)67(64(60)45-53,50-26-6-2-7-27-50)51-28-8-3-9-29-51/h2-3,6-19,22-46H,1,4-5,20-21H2. The Balaban J connectivity index is 1.08. The number of para-hydroxylation sites is 1. The van der Waals surface area contributed by atoms with Gasteiger partial charge in [-0.3, -0.25) is 0 Å². The van der Waals surface area contributed by atoms with Crippen molar-refractivity contribution < 1.29 is 0 Å². The van der Waals surface area contributed by atoms with E-state index in [0.29, 0.717) is 5.92 Å². The maximum absolute atomic E-state index is 2.55. The molecule has 1 nitrogen and oxygen atoms in total. The Kier molecular flexibility index (Phi) is 9.90. The van der Waals surface area contributed by atoms with Crippen molar-refractivity contribution in [2.24, 2.45) is 0 Å². The monoisotopic (exact) mass is 869 g/mol. The van der Waals surface area contributed by atoms with E-state index in [1.165, 1.54) is 126 Å². The Morgan fingerprint density at radius 3 is 1.78 bits per heavy atom. The van der Waals surface area contributed by atoms with Crippen LogP contribution in [0.2, 0.25) is 0 Å². The Labute approximate surface area is 399 Å². The zero-order valence-electron chi connectivity index (χ0n) is 38.2. The van der Waals surface area contributed by atoms with Crippen molar-refractivity contribution >= 4 is 49.4 Å². The van der Waals surface area contributed by atoms with Crippen LogP contribution in [0, 0.1) is 0 Å². The minimum absolute atomic E-state index is 0.534. The number of anilines is 3. The van der Waals surface area contributed by atoms with Crippen molar-refractivity contribution in [1.29, 1.82) is 0 Å². The molecule has 13 rings (SSSR count). The molecule has 0 spiro atoms. The van der Waals surface area contributed by atoms with Crippen LogP contribution in [0.1, 0.15) is 65.8 Å². The van der Waals surface area contributed by atoms with Crippen LogP contribution in [0.25, 0.3) is 65.7 Å². The zero-order chi connectivity index (χ0) is 45.0. The smallest absolute Gasteiger partial charge is 0.0714 e. The molecule has 0 unspecified atom stereocenters. The van der Waals surface area contributed by atoms with Crippen molar-refractivity contribution in [3.63, 3.8) is 0 Å². The summed E-state index contributed by atoms with van der Waals surface area (Å²) in [6.45, 7) is 0. The summed E-state index contributed by atoms with van der Waals surface area (Å²) in [5, 5.41) is 7.77. The highest BCUT2D eigenvalue weighted by Gasteiger charge is 2.46. The molecule has 0 N–H and O–H groups in total. The van der Waals surface area contributed by atoms with Crippen LogP contribution < -0.4 is 4.90 Å². The second-order valence-corrected chi connectivity index (χ2v) is 18.9. The van der Waals surface area contributed by atoms with E-state index in [-0.39, 0.29) is 0 Å². The molecule has 0 heterocycles. The Hall–Kier alpha value is -8.00. The molecular weight excluding hydrogens is 819 g/mol. The summed E-state index contributed by atoms with van der Waals surface area (Å²) in [5.74, 6) is 0.564. The van der Waals surface area contributed by atoms with E-state index in [1.54, 1.807) is 0 Å². The van der Waals surface area contributed by atoms with Crippen molar-refractivity contribution in [2.45, 2.75) is 43.4 Å². The lowest BCUT2D eigenvalue weighted by molar-refractivity contribution is 0.445. The van der Waals surface area contributed by atoms with Crippen molar-refractivity contribution in [1.82, 2.24) is 0 Å². The molecule has 324 valence electrons. The first kappa shape index (κ1) is 40.3. The molecule has 0 amide bonds. The molecule has 2 aliphatic rings. The minimum Gasteiger partial charge on any atom is -0.310 e. The maximum Gasteiger partial charge on any atom is 0.0714 e. The van der Waals surface area contributed by atoms with Crippen LogP contribution in [0.15, 0.2) is 243 Å². The van der Waals surface area contributed by atoms with Gasteiger partial charge in [0.2, 0.25) is 0 Å². The Bertz CT molecular complexity index is 3630. The second-order valence-electron chi connectivity index (χ2n) is 18.9. The molecule has 0 atom stereocenters. The maximum atomic E-state index is 2.55. The Morgan fingerprint density at radius 2 is 0.956 bits per heavy atom. The first-order valence-electron chi connectivity index (χ1n) is 24.5. The fourth-order valence-corrected chi connectivity index (χ4v) is 12.3. The summed E-state index contributed by atoms with van der Waals surface area (Å²) in [6, 6.07) is 91.2. The summed E-state index contributed by atoms with van der Waals surface area (Å²) >= 11 is 0. The van der Waals surface area contributed by atoms with Gasteiger partial charge in [0.1, 0.15) is 0 Å². The normalized spacial score (nSPS) is 14.2. The summed E-state index contributed by atoms with van der Waals surface area (Å²) in [6.07, 6.45) is 6.43. The quantitative estimate of drug-likeness (QED) is 0.138. The fourth-order valence-electron chi connectivity index (χ4n) is 12.3. The Morgan fingerprint density at radius 1 is 0.353 bits per heavy atom. The average Bonchev–Trinajstić information content (AvgIpc) is 3.72. The van der Waals surface area contributed by atoms with E-state index in [9.17, 15) is 0 Å². The van der Waals surface area contributed by atoms with E-state index in [4.69, 9.17) is 0 Å². The van der Waals surface area contributed by atoms with Gasteiger partial charge in [-0.25, -0.2) is 0 Å². The third-order valence-corrected chi connectivity index (χ3v) is 15.3. The number of nitrogens with zero attached hydrogens (tertiary/aromatic N) is 1. The molecule has 0 aliphatic heterocycles. The van der Waals surface area contributed by atoms with Gasteiger partial charge in [-0.2, -0.15) is 0 Å². The van der Waals surface area contributed by atoms with Crippen LogP contribution in [0.4, 0.5) is 17.1 Å². The third-order valence-electron chi connectivity index (χ3n) is 15.3. The molecule has 68 heavy (non-hydrogen) atoms. The topological polar surface area (TPSA) is 3.24 Å². The molecule has 1 saturated carbocycles. The number of fused-ring (bicyclic) bond motifs is 7. The molecule has 11 aromatic carbocycles. The van der Waals surface area contributed by atoms with Gasteiger partial charge in [0.05, 0.1) is 11.1 Å². The number of benzene rings is 11. The molecule has 1 fully saturated rings. The van der Waals surface area contributed by atoms with Gasteiger partial charge in [0.25, 0.3) is 0 Å². The van der Waals surface area contributed by atoms with Crippen LogP contribution in [0.3, 0.4) is 0 Å². The van der Waals surface area contributed by atoms with E-state index in [0.717, 1.165) is 17.1 Å². The van der Waals surface area contributed by atoms with Gasteiger partial charge in [0, 0.05) is 16.9 Å². The molecular formula is C67H51N. The van der Waals surface area contributed by atoms with Gasteiger partial charge in [-0.15, -0.1) is 0 Å². The molecule has 0 aromatic heterocycles. The zero-order valence-corrected chi connectivity index (χ0v) is 38.2. The van der Waals surface area contributed by atoms with Crippen molar-refractivity contribution in [2.75, 3.05) is 4.90 Å². The highest BCUT2D eigenvalue weighted by molar-refractivity contribution is 6.12. The van der Waals surface area contributed by atoms with Gasteiger partial charge in [0.15, 0.2) is 0 Å². The summed E-state index contributed by atoms with van der Waals surface area (Å²) in [5.41, 5.74) is 17.0. The highest BCUT2D eigenvalue weighted by Crippen LogP contribution is 2.58. The lowest BCUT2D eigenvalue weighted by atomic mass is 9.67. The molecule has 2 aliphatic carbocycles. The summed E-state index contributed by atoms with van der Waals surface area (Å²) in [7, 11) is 0. The number of rotatable bonds is 8. The molecule has 1 heteroatoms. The average molecular weight is 870 g/mol. The second kappa shape index (κ2) is 16.7. The molecule has 0 saturated heterocycles. The largest absolute Gasteiger partial charge is 0.310 e. The van der Waals surface area contributed by atoms with E-state index in [2.05, 4.69) is 248 Å². The van der Waals surface area contributed by atoms with E-state index >= 15 is 0 Å².